The lowest BCUT2D eigenvalue weighted by Crippen LogP contribution is -2.00. The molecule has 0 atom stereocenters. The molecule has 0 aliphatic carbocycles. The molecule has 0 saturated carbocycles. The van der Waals surface area contributed by atoms with Crippen LogP contribution in [0.25, 0.3) is 11.1 Å². The summed E-state index contributed by atoms with van der Waals surface area (Å²) in [5.41, 5.74) is 8.81. The number of nitrogens with zero attached hydrogens (tertiary/aromatic N) is 1. The minimum Gasteiger partial charge on any atom is -0.497 e. The first-order valence-corrected chi connectivity index (χ1v) is 10.4. The lowest BCUT2D eigenvalue weighted by molar-refractivity contribution is 0.274. The van der Waals surface area contributed by atoms with E-state index in [1.54, 1.807) is 30.3 Å². The second-order valence-corrected chi connectivity index (χ2v) is 7.33. The molecular weight excluding hydrogens is 442 g/mol. The standard InChI is InChI=1S/C26H22F2N2O4/c1-32-20-9-8-19(15-31)24(12-20)34-26-23(28)13-22(27)25(30-26)33-21-7-3-6-18(11-21)17-5-2-4-16(10-17)14-29/h2-13,31H,14-15,29H2,1H3. The van der Waals surface area contributed by atoms with Crippen molar-refractivity contribution in [3.63, 3.8) is 0 Å². The van der Waals surface area contributed by atoms with Crippen molar-refractivity contribution in [3.8, 4) is 40.1 Å². The van der Waals surface area contributed by atoms with Crippen molar-refractivity contribution in [2.45, 2.75) is 13.2 Å². The average Bonchev–Trinajstić information content (AvgIpc) is 2.87. The molecule has 0 unspecified atom stereocenters. The number of benzene rings is 3. The van der Waals surface area contributed by atoms with Crippen molar-refractivity contribution >= 4 is 0 Å². The van der Waals surface area contributed by atoms with Crippen LogP contribution in [0.2, 0.25) is 0 Å². The molecule has 4 aromatic rings. The Morgan fingerprint density at radius 3 is 2.24 bits per heavy atom. The molecule has 4 rings (SSSR count). The summed E-state index contributed by atoms with van der Waals surface area (Å²) in [7, 11) is 1.46. The van der Waals surface area contributed by atoms with Gasteiger partial charge in [-0.05, 0) is 47.0 Å². The van der Waals surface area contributed by atoms with Gasteiger partial charge in [-0.3, -0.25) is 0 Å². The largest absolute Gasteiger partial charge is 0.497 e. The third-order valence-corrected chi connectivity index (χ3v) is 5.06. The number of methoxy groups -OCH3 is 1. The van der Waals surface area contributed by atoms with Crippen LogP contribution in [0.3, 0.4) is 0 Å². The molecule has 1 aromatic heterocycles. The van der Waals surface area contributed by atoms with E-state index in [-0.39, 0.29) is 12.4 Å². The van der Waals surface area contributed by atoms with Gasteiger partial charge in [-0.15, -0.1) is 0 Å². The van der Waals surface area contributed by atoms with Crippen LogP contribution in [0.4, 0.5) is 8.78 Å². The highest BCUT2D eigenvalue weighted by Gasteiger charge is 2.18. The maximum absolute atomic E-state index is 14.5. The first-order chi connectivity index (χ1) is 16.5. The van der Waals surface area contributed by atoms with Crippen LogP contribution in [0.15, 0.2) is 72.8 Å². The number of nitrogens with two attached hydrogens (primary N) is 1. The number of ether oxygens (including phenoxy) is 3. The number of pyridine rings is 1. The lowest BCUT2D eigenvalue weighted by Gasteiger charge is -2.13. The number of rotatable bonds is 8. The van der Waals surface area contributed by atoms with Crippen molar-refractivity contribution in [1.29, 1.82) is 0 Å². The third-order valence-electron chi connectivity index (χ3n) is 5.06. The van der Waals surface area contributed by atoms with Crippen molar-refractivity contribution in [3.05, 3.63) is 95.6 Å². The quantitative estimate of drug-likeness (QED) is 0.355. The molecule has 3 aromatic carbocycles. The van der Waals surface area contributed by atoms with E-state index in [1.165, 1.54) is 13.2 Å². The van der Waals surface area contributed by atoms with Crippen molar-refractivity contribution in [2.24, 2.45) is 5.73 Å². The van der Waals surface area contributed by atoms with E-state index in [0.29, 0.717) is 29.7 Å². The fourth-order valence-electron chi connectivity index (χ4n) is 3.30. The monoisotopic (exact) mass is 464 g/mol. The highest BCUT2D eigenvalue weighted by Crippen LogP contribution is 2.34. The number of hydrogen-bond donors (Lipinski definition) is 2. The summed E-state index contributed by atoms with van der Waals surface area (Å²) in [6.07, 6.45) is 0. The van der Waals surface area contributed by atoms with Crippen LogP contribution in [-0.2, 0) is 13.2 Å². The number of aromatic nitrogens is 1. The van der Waals surface area contributed by atoms with Crippen LogP contribution in [0, 0.1) is 11.6 Å². The van der Waals surface area contributed by atoms with E-state index >= 15 is 0 Å². The smallest absolute Gasteiger partial charge is 0.259 e. The van der Waals surface area contributed by atoms with Gasteiger partial charge in [0.15, 0.2) is 11.6 Å². The van der Waals surface area contributed by atoms with Crippen molar-refractivity contribution in [1.82, 2.24) is 4.98 Å². The van der Waals surface area contributed by atoms with Crippen molar-refractivity contribution in [2.75, 3.05) is 7.11 Å². The Bertz CT molecular complexity index is 1310. The average molecular weight is 464 g/mol. The second-order valence-electron chi connectivity index (χ2n) is 7.33. The molecule has 0 aliphatic rings. The molecule has 1 heterocycles. The van der Waals surface area contributed by atoms with Gasteiger partial charge < -0.3 is 25.1 Å². The highest BCUT2D eigenvalue weighted by molar-refractivity contribution is 5.66. The van der Waals surface area contributed by atoms with Crippen LogP contribution in [-0.4, -0.2) is 17.2 Å². The summed E-state index contributed by atoms with van der Waals surface area (Å²) in [6.45, 7) is 0.0481. The van der Waals surface area contributed by atoms with Gasteiger partial charge in [0.25, 0.3) is 11.8 Å². The van der Waals surface area contributed by atoms with E-state index in [2.05, 4.69) is 4.98 Å². The third kappa shape index (κ3) is 5.14. The van der Waals surface area contributed by atoms with E-state index in [4.69, 9.17) is 19.9 Å². The summed E-state index contributed by atoms with van der Waals surface area (Å²) in [6, 6.07) is 20.0. The van der Waals surface area contributed by atoms with E-state index < -0.39 is 23.4 Å². The summed E-state index contributed by atoms with van der Waals surface area (Å²) in [4.78, 5) is 3.89. The first-order valence-electron chi connectivity index (χ1n) is 10.4. The molecule has 0 aliphatic heterocycles. The number of halogens is 2. The summed E-state index contributed by atoms with van der Waals surface area (Å²) in [5.74, 6) is -2.13. The highest BCUT2D eigenvalue weighted by atomic mass is 19.1. The van der Waals surface area contributed by atoms with Gasteiger partial charge in [-0.1, -0.05) is 30.3 Å². The minimum atomic E-state index is -1.02. The predicted molar refractivity (Wildman–Crippen MR) is 123 cm³/mol. The minimum absolute atomic E-state index is 0.118. The zero-order chi connectivity index (χ0) is 24.1. The van der Waals surface area contributed by atoms with Gasteiger partial charge in [-0.25, -0.2) is 8.78 Å². The van der Waals surface area contributed by atoms with E-state index in [1.807, 2.05) is 30.3 Å². The van der Waals surface area contributed by atoms with E-state index in [0.717, 1.165) is 16.7 Å². The molecule has 0 spiro atoms. The van der Waals surface area contributed by atoms with E-state index in [9.17, 15) is 13.9 Å². The number of aliphatic hydroxyl groups is 1. The molecule has 3 N–H and O–H groups in total. The maximum Gasteiger partial charge on any atom is 0.259 e. The Kier molecular flexibility index (Phi) is 7.01. The molecule has 8 heteroatoms. The molecular formula is C26H22F2N2O4. The van der Waals surface area contributed by atoms with Crippen LogP contribution < -0.4 is 19.9 Å². The molecule has 0 radical (unpaired) electrons. The summed E-state index contributed by atoms with van der Waals surface area (Å²) < 4.78 is 45.2. The predicted octanol–water partition coefficient (Wildman–Crippen LogP) is 5.57. The molecule has 174 valence electrons. The number of hydrogen-bond acceptors (Lipinski definition) is 6. The Balaban J connectivity index is 1.64. The second kappa shape index (κ2) is 10.3. The summed E-state index contributed by atoms with van der Waals surface area (Å²) >= 11 is 0. The fraction of sp³-hybridized carbons (Fsp3) is 0.115. The molecule has 0 fully saturated rings. The molecule has 0 bridgehead atoms. The Hall–Kier alpha value is -4.01. The molecule has 34 heavy (non-hydrogen) atoms. The first kappa shape index (κ1) is 23.2. The van der Waals surface area contributed by atoms with Gasteiger partial charge >= 0.3 is 0 Å². The molecule has 0 amide bonds. The summed E-state index contributed by atoms with van der Waals surface area (Å²) in [5, 5.41) is 9.55. The lowest BCUT2D eigenvalue weighted by atomic mass is 10.0. The van der Waals surface area contributed by atoms with Gasteiger partial charge in [0.1, 0.15) is 17.2 Å². The van der Waals surface area contributed by atoms with Gasteiger partial charge in [0.05, 0.1) is 13.7 Å². The topological polar surface area (TPSA) is 86.8 Å². The van der Waals surface area contributed by atoms with Gasteiger partial charge in [-0.2, -0.15) is 4.98 Å². The molecule has 0 saturated heterocycles. The maximum atomic E-state index is 14.5. The Morgan fingerprint density at radius 2 is 1.53 bits per heavy atom. The van der Waals surface area contributed by atoms with Gasteiger partial charge in [0.2, 0.25) is 0 Å². The number of aliphatic hydroxyl groups excluding tert-OH is 1. The zero-order valence-electron chi connectivity index (χ0n) is 18.3. The Morgan fingerprint density at radius 1 is 0.824 bits per heavy atom. The zero-order valence-corrected chi connectivity index (χ0v) is 18.3. The fourth-order valence-corrected chi connectivity index (χ4v) is 3.30. The normalized spacial score (nSPS) is 10.7. The van der Waals surface area contributed by atoms with Crippen molar-refractivity contribution < 1.29 is 28.1 Å². The van der Waals surface area contributed by atoms with Crippen LogP contribution >= 0.6 is 0 Å². The van der Waals surface area contributed by atoms with Crippen LogP contribution in [0.1, 0.15) is 11.1 Å². The van der Waals surface area contributed by atoms with Crippen LogP contribution in [0.5, 0.6) is 29.0 Å². The SMILES string of the molecule is COc1ccc(CO)c(Oc2nc(Oc3cccc(-c4cccc(CN)c4)c3)c(F)cc2F)c1. The van der Waals surface area contributed by atoms with Gasteiger partial charge in [0, 0.05) is 24.2 Å². The Labute approximate surface area is 195 Å². The molecule has 6 nitrogen and oxygen atoms in total.